The number of fused-ring (bicyclic) bond motifs is 1. The van der Waals surface area contributed by atoms with Gasteiger partial charge in [0.25, 0.3) is 0 Å². The molecule has 1 atom stereocenters. The van der Waals surface area contributed by atoms with E-state index in [1.165, 1.54) is 0 Å². The number of benzene rings is 2. The third-order valence-electron chi connectivity index (χ3n) is 5.71. The summed E-state index contributed by atoms with van der Waals surface area (Å²) in [6.45, 7) is 3.96. The van der Waals surface area contributed by atoms with Gasteiger partial charge in [-0.3, -0.25) is 4.79 Å². The maximum Gasteiger partial charge on any atom is 0.203 e. The van der Waals surface area contributed by atoms with Crippen LogP contribution < -0.4 is 14.2 Å². The second-order valence-corrected chi connectivity index (χ2v) is 7.64. The molecule has 6 nitrogen and oxygen atoms in total. The van der Waals surface area contributed by atoms with Gasteiger partial charge in [-0.15, -0.1) is 0 Å². The van der Waals surface area contributed by atoms with Crippen LogP contribution in [0.2, 0.25) is 0 Å². The van der Waals surface area contributed by atoms with Crippen LogP contribution in [-0.4, -0.2) is 36.9 Å². The first kappa shape index (κ1) is 20.0. The molecule has 0 fully saturated rings. The van der Waals surface area contributed by atoms with E-state index in [1.54, 1.807) is 21.3 Å². The average molecular weight is 406 g/mol. The number of methoxy groups -OCH3 is 3. The van der Waals surface area contributed by atoms with Crippen LogP contribution in [0.15, 0.2) is 36.4 Å². The minimum absolute atomic E-state index is 0.00151. The van der Waals surface area contributed by atoms with Crippen molar-refractivity contribution < 1.29 is 19.0 Å². The highest BCUT2D eigenvalue weighted by molar-refractivity contribution is 6.00. The predicted molar refractivity (Wildman–Crippen MR) is 115 cm³/mol. The summed E-state index contributed by atoms with van der Waals surface area (Å²) in [5, 5.41) is 4.70. The fraction of sp³-hybridized carbons (Fsp3) is 0.333. The minimum atomic E-state index is -0.00151. The molecule has 1 aromatic heterocycles. The highest BCUT2D eigenvalue weighted by Gasteiger charge is 2.33. The first-order chi connectivity index (χ1) is 14.5. The van der Waals surface area contributed by atoms with Crippen molar-refractivity contribution in [2.24, 2.45) is 0 Å². The number of carbonyl (C=O) groups excluding carboxylic acids is 1. The van der Waals surface area contributed by atoms with E-state index < -0.39 is 0 Å². The molecule has 6 heteroatoms. The van der Waals surface area contributed by atoms with Crippen molar-refractivity contribution in [1.29, 1.82) is 0 Å². The monoisotopic (exact) mass is 406 g/mol. The number of carbonyl (C=O) groups is 1. The Labute approximate surface area is 176 Å². The molecule has 0 N–H and O–H groups in total. The Morgan fingerprint density at radius 3 is 2.27 bits per heavy atom. The van der Waals surface area contributed by atoms with Crippen LogP contribution in [0, 0.1) is 13.8 Å². The molecule has 0 amide bonds. The molecule has 0 radical (unpaired) electrons. The van der Waals surface area contributed by atoms with E-state index in [4.69, 9.17) is 19.3 Å². The Balaban J connectivity index is 1.80. The smallest absolute Gasteiger partial charge is 0.203 e. The molecule has 0 bridgehead atoms. The van der Waals surface area contributed by atoms with Gasteiger partial charge in [0, 0.05) is 6.42 Å². The van der Waals surface area contributed by atoms with Crippen molar-refractivity contribution in [3.05, 3.63) is 64.5 Å². The van der Waals surface area contributed by atoms with Gasteiger partial charge in [-0.25, -0.2) is 4.68 Å². The van der Waals surface area contributed by atoms with Crippen LogP contribution in [0.5, 0.6) is 17.2 Å². The number of hydrogen-bond acceptors (Lipinski definition) is 5. The van der Waals surface area contributed by atoms with Crippen molar-refractivity contribution in [2.75, 3.05) is 21.3 Å². The lowest BCUT2D eigenvalue weighted by Crippen LogP contribution is -2.21. The van der Waals surface area contributed by atoms with Crippen LogP contribution in [0.1, 0.15) is 45.2 Å². The van der Waals surface area contributed by atoms with Gasteiger partial charge in [0.15, 0.2) is 17.3 Å². The normalized spacial score (nSPS) is 15.6. The fourth-order valence-corrected chi connectivity index (χ4v) is 4.30. The van der Waals surface area contributed by atoms with Gasteiger partial charge >= 0.3 is 0 Å². The molecule has 2 aromatic carbocycles. The molecule has 156 valence electrons. The molecule has 0 saturated heterocycles. The molecule has 0 spiro atoms. The molecule has 1 aliphatic rings. The molecular formula is C24H26N2O4. The molecule has 4 rings (SSSR count). The van der Waals surface area contributed by atoms with Gasteiger partial charge in [0.2, 0.25) is 5.75 Å². The van der Waals surface area contributed by atoms with E-state index in [-0.39, 0.29) is 11.7 Å². The fourth-order valence-electron chi connectivity index (χ4n) is 4.30. The largest absolute Gasteiger partial charge is 0.493 e. The van der Waals surface area contributed by atoms with E-state index in [1.807, 2.05) is 35.9 Å². The molecule has 1 heterocycles. The van der Waals surface area contributed by atoms with E-state index in [2.05, 4.69) is 19.1 Å². The van der Waals surface area contributed by atoms with Gasteiger partial charge in [-0.1, -0.05) is 12.1 Å². The highest BCUT2D eigenvalue weighted by Crippen LogP contribution is 2.43. The first-order valence-electron chi connectivity index (χ1n) is 9.95. The van der Waals surface area contributed by atoms with Crippen molar-refractivity contribution in [1.82, 2.24) is 9.78 Å². The van der Waals surface area contributed by atoms with Crippen LogP contribution in [0.25, 0.3) is 5.69 Å². The molecule has 3 aromatic rings. The minimum Gasteiger partial charge on any atom is -0.493 e. The molecule has 0 aliphatic heterocycles. The zero-order valence-electron chi connectivity index (χ0n) is 18.0. The second-order valence-electron chi connectivity index (χ2n) is 7.64. The molecular weight excluding hydrogens is 380 g/mol. The topological polar surface area (TPSA) is 62.6 Å². The Bertz CT molecular complexity index is 1090. The molecule has 1 aliphatic carbocycles. The number of Topliss-reactive ketones (excluding diaryl/α,β-unsaturated/α-hetero) is 1. The molecule has 0 unspecified atom stereocenters. The lowest BCUT2D eigenvalue weighted by atomic mass is 9.81. The van der Waals surface area contributed by atoms with Crippen molar-refractivity contribution in [2.45, 2.75) is 32.6 Å². The van der Waals surface area contributed by atoms with E-state index in [0.29, 0.717) is 30.1 Å². The van der Waals surface area contributed by atoms with Crippen molar-refractivity contribution in [3.8, 4) is 22.9 Å². The highest BCUT2D eigenvalue weighted by atomic mass is 16.5. The van der Waals surface area contributed by atoms with Crippen molar-refractivity contribution in [3.63, 3.8) is 0 Å². The number of nitrogens with zero attached hydrogens (tertiary/aromatic N) is 2. The number of ether oxygens (including phenoxy) is 3. The second kappa shape index (κ2) is 7.86. The third kappa shape index (κ3) is 3.32. The SMILES string of the molecule is COc1cc([C@H]2CC(=O)c3c(C)nn(-c4cccc(C)c4)c3C2)cc(OC)c1OC. The Morgan fingerprint density at radius 2 is 1.67 bits per heavy atom. The first-order valence-corrected chi connectivity index (χ1v) is 9.95. The summed E-state index contributed by atoms with van der Waals surface area (Å²) < 4.78 is 18.4. The summed E-state index contributed by atoms with van der Waals surface area (Å²) >= 11 is 0. The maximum absolute atomic E-state index is 13.1. The zero-order chi connectivity index (χ0) is 21.4. The number of rotatable bonds is 5. The lowest BCUT2D eigenvalue weighted by molar-refractivity contribution is 0.0963. The summed E-state index contributed by atoms with van der Waals surface area (Å²) in [6, 6.07) is 12.0. The quantitative estimate of drug-likeness (QED) is 0.627. The van der Waals surface area contributed by atoms with E-state index in [9.17, 15) is 4.79 Å². The van der Waals surface area contributed by atoms with Crippen LogP contribution in [0.4, 0.5) is 0 Å². The van der Waals surface area contributed by atoms with E-state index in [0.717, 1.165) is 33.8 Å². The summed E-state index contributed by atoms with van der Waals surface area (Å²) in [6.07, 6.45) is 1.13. The third-order valence-corrected chi connectivity index (χ3v) is 5.71. The molecule has 0 saturated carbocycles. The van der Waals surface area contributed by atoms with Crippen LogP contribution in [-0.2, 0) is 6.42 Å². The Kier molecular flexibility index (Phi) is 5.24. The summed E-state index contributed by atoms with van der Waals surface area (Å²) in [5.41, 5.74) is 5.58. The van der Waals surface area contributed by atoms with Crippen LogP contribution in [0.3, 0.4) is 0 Å². The number of aryl methyl sites for hydroxylation is 2. The Morgan fingerprint density at radius 1 is 0.967 bits per heavy atom. The predicted octanol–water partition coefficient (Wildman–Crippen LogP) is 4.43. The zero-order valence-corrected chi connectivity index (χ0v) is 18.0. The van der Waals surface area contributed by atoms with E-state index >= 15 is 0 Å². The van der Waals surface area contributed by atoms with Gasteiger partial charge in [0.1, 0.15) is 0 Å². The van der Waals surface area contributed by atoms with Gasteiger partial charge in [-0.2, -0.15) is 5.10 Å². The van der Waals surface area contributed by atoms with Gasteiger partial charge in [0.05, 0.1) is 44.0 Å². The number of ketones is 1. The maximum atomic E-state index is 13.1. The number of hydrogen-bond donors (Lipinski definition) is 0. The number of aromatic nitrogens is 2. The van der Waals surface area contributed by atoms with Crippen molar-refractivity contribution >= 4 is 5.78 Å². The summed E-state index contributed by atoms with van der Waals surface area (Å²) in [7, 11) is 4.78. The lowest BCUT2D eigenvalue weighted by Gasteiger charge is -2.24. The Hall–Kier alpha value is -3.28. The van der Waals surface area contributed by atoms with Gasteiger partial charge < -0.3 is 14.2 Å². The molecule has 30 heavy (non-hydrogen) atoms. The average Bonchev–Trinajstić information content (AvgIpc) is 3.09. The standard InChI is InChI=1S/C24H26N2O4/c1-14-7-6-8-18(9-14)26-19-10-16(11-20(27)23(19)15(2)25-26)17-12-21(28-3)24(30-5)22(13-17)29-4/h6-9,12-13,16H,10-11H2,1-5H3/t16-/m1/s1. The van der Waals surface area contributed by atoms with Crippen LogP contribution >= 0.6 is 0 Å². The summed E-state index contributed by atoms with van der Waals surface area (Å²) in [5.74, 6) is 1.85. The summed E-state index contributed by atoms with van der Waals surface area (Å²) in [4.78, 5) is 13.1. The van der Waals surface area contributed by atoms with Gasteiger partial charge in [-0.05, 0) is 61.6 Å².